The van der Waals surface area contributed by atoms with E-state index in [1.165, 1.54) is 0 Å². The number of ether oxygens (including phenoxy) is 3. The van der Waals surface area contributed by atoms with E-state index in [-0.39, 0.29) is 12.4 Å². The van der Waals surface area contributed by atoms with Gasteiger partial charge in [-0.15, -0.1) is 11.3 Å². The van der Waals surface area contributed by atoms with Gasteiger partial charge in [0.05, 0.1) is 27.2 Å². The van der Waals surface area contributed by atoms with Crippen molar-refractivity contribution in [1.82, 2.24) is 0 Å². The van der Waals surface area contributed by atoms with Gasteiger partial charge in [-0.05, 0) is 49.0 Å². The number of methoxy groups -OCH3 is 2. The highest BCUT2D eigenvalue weighted by molar-refractivity contribution is 7.12. The van der Waals surface area contributed by atoms with Gasteiger partial charge in [-0.3, -0.25) is 4.79 Å². The Kier molecular flexibility index (Phi) is 10.2. The summed E-state index contributed by atoms with van der Waals surface area (Å²) in [7, 11) is 1.50. The third-order valence-corrected chi connectivity index (χ3v) is 10.3. The second-order valence-corrected chi connectivity index (χ2v) is 15.5. The van der Waals surface area contributed by atoms with E-state index in [9.17, 15) is 4.79 Å². The molecule has 0 amide bonds. The summed E-state index contributed by atoms with van der Waals surface area (Å²) in [5.74, 6) is 0.776. The molecule has 194 valence electrons. The minimum absolute atomic E-state index is 0.160. The van der Waals surface area contributed by atoms with E-state index in [0.29, 0.717) is 40.1 Å². The fraction of sp³-hybridized carbons (Fsp3) is 0.385. The van der Waals surface area contributed by atoms with Crippen molar-refractivity contribution >= 4 is 48.8 Å². The number of H-pyrrole nitrogens is 1. The summed E-state index contributed by atoms with van der Waals surface area (Å²) < 4.78 is 22.9. The number of carbonyl (C=O) groups excluding carboxylic acids is 1. The monoisotopic (exact) mass is 568 g/mol. The van der Waals surface area contributed by atoms with Gasteiger partial charge in [0.2, 0.25) is 0 Å². The number of thiophene rings is 1. The number of aromatic nitrogens is 1. The summed E-state index contributed by atoms with van der Waals surface area (Å²) in [6.07, 6.45) is 3.12. The molecule has 0 radical (unpaired) electrons. The lowest BCUT2D eigenvalue weighted by Crippen LogP contribution is -2.28. The maximum Gasteiger partial charge on any atom is 0.311 e. The van der Waals surface area contributed by atoms with E-state index in [4.69, 9.17) is 41.8 Å². The molecule has 36 heavy (non-hydrogen) atoms. The number of halogens is 2. The summed E-state index contributed by atoms with van der Waals surface area (Å²) in [6, 6.07) is 10.5. The van der Waals surface area contributed by atoms with Crippen molar-refractivity contribution in [3.8, 4) is 11.5 Å². The Morgan fingerprint density at radius 2 is 1.69 bits per heavy atom. The van der Waals surface area contributed by atoms with Gasteiger partial charge in [0.1, 0.15) is 16.1 Å². The van der Waals surface area contributed by atoms with Crippen LogP contribution in [0.2, 0.25) is 29.2 Å². The van der Waals surface area contributed by atoms with Crippen LogP contribution in [-0.2, 0) is 33.4 Å². The minimum atomic E-state index is -1.63. The lowest BCUT2D eigenvalue weighted by atomic mass is 10.0. The van der Waals surface area contributed by atoms with Gasteiger partial charge in [-0.1, -0.05) is 36.2 Å². The maximum atomic E-state index is 13.0. The number of esters is 1. The third-order valence-electron chi connectivity index (χ3n) is 5.93. The molecular weight excluding hydrogens is 537 g/mol. The molecule has 0 unspecified atom stereocenters. The highest BCUT2D eigenvalue weighted by atomic mass is 35.5. The number of hydrogen-bond acceptors (Lipinski definition) is 6. The van der Waals surface area contributed by atoms with Gasteiger partial charge in [0.15, 0.2) is 32.2 Å². The molecule has 0 aliphatic carbocycles. The molecule has 1 atom stereocenters. The zero-order valence-electron chi connectivity index (χ0n) is 21.2. The van der Waals surface area contributed by atoms with Gasteiger partial charge in [0.25, 0.3) is 0 Å². The van der Waals surface area contributed by atoms with E-state index in [1.54, 1.807) is 50.1 Å². The second-order valence-electron chi connectivity index (χ2n) is 8.87. The molecule has 1 aromatic carbocycles. The first-order chi connectivity index (χ1) is 17.2. The standard InChI is InChI=1S/C26H31Cl2NO5SSi/c1-6-36(4,5)33-16-19-9-8-18(35-19)12-26(30)34-24(13-20-21(27)14-29-15-22(20)28)17-7-10-23(31-2)25(11-17)32-3/h7-11,14-15,24H,6,12-13,16H2,1-5H3/p+1/t24-/m0/s1. The second kappa shape index (κ2) is 12.9. The number of hydrogen-bond donors (Lipinski definition) is 0. The van der Waals surface area contributed by atoms with Crippen LogP contribution in [0.1, 0.15) is 33.9 Å². The number of rotatable bonds is 12. The van der Waals surface area contributed by atoms with Crippen LogP contribution in [0.25, 0.3) is 0 Å². The predicted molar refractivity (Wildman–Crippen MR) is 146 cm³/mol. The first kappa shape index (κ1) is 28.5. The van der Waals surface area contributed by atoms with E-state index in [0.717, 1.165) is 21.4 Å². The summed E-state index contributed by atoms with van der Waals surface area (Å²) >= 11 is 14.4. The Balaban J connectivity index is 1.79. The summed E-state index contributed by atoms with van der Waals surface area (Å²) in [4.78, 5) is 18.0. The molecule has 0 bridgehead atoms. The van der Waals surface area contributed by atoms with Crippen molar-refractivity contribution in [2.24, 2.45) is 0 Å². The van der Waals surface area contributed by atoms with Crippen LogP contribution in [-0.4, -0.2) is 28.5 Å². The van der Waals surface area contributed by atoms with E-state index in [1.807, 2.05) is 18.2 Å². The molecule has 3 rings (SSSR count). The zero-order chi connectivity index (χ0) is 26.3. The Hall–Kier alpha value is -2.10. The highest BCUT2D eigenvalue weighted by Gasteiger charge is 2.24. The van der Waals surface area contributed by atoms with Crippen molar-refractivity contribution in [2.75, 3.05) is 14.2 Å². The Morgan fingerprint density at radius 3 is 2.33 bits per heavy atom. The largest absolute Gasteiger partial charge is 0.493 e. The number of pyridine rings is 1. The highest BCUT2D eigenvalue weighted by Crippen LogP contribution is 2.35. The molecule has 10 heteroatoms. The van der Waals surface area contributed by atoms with Crippen LogP contribution >= 0.6 is 34.5 Å². The van der Waals surface area contributed by atoms with Crippen molar-refractivity contribution in [2.45, 2.75) is 51.6 Å². The van der Waals surface area contributed by atoms with Crippen LogP contribution in [0.5, 0.6) is 11.5 Å². The third kappa shape index (κ3) is 7.70. The molecule has 0 saturated carbocycles. The fourth-order valence-electron chi connectivity index (χ4n) is 3.44. The van der Waals surface area contributed by atoms with Crippen LogP contribution in [0.15, 0.2) is 42.7 Å². The van der Waals surface area contributed by atoms with E-state index < -0.39 is 14.4 Å². The molecule has 0 fully saturated rings. The molecule has 1 N–H and O–H groups in total. The number of nitrogens with one attached hydrogen (secondary N) is 1. The normalized spacial score (nSPS) is 12.3. The van der Waals surface area contributed by atoms with Gasteiger partial charge < -0.3 is 18.6 Å². The quantitative estimate of drug-likeness (QED) is 0.179. The molecule has 0 saturated heterocycles. The van der Waals surface area contributed by atoms with Crippen molar-refractivity contribution in [1.29, 1.82) is 0 Å². The molecular formula is C26H32Cl2NO5SSi+. The van der Waals surface area contributed by atoms with Crippen molar-refractivity contribution in [3.63, 3.8) is 0 Å². The molecule has 3 aromatic rings. The topological polar surface area (TPSA) is 68.1 Å². The molecule has 0 aliphatic rings. The number of carbonyl (C=O) groups is 1. The predicted octanol–water partition coefficient (Wildman–Crippen LogP) is 6.70. The van der Waals surface area contributed by atoms with Crippen molar-refractivity contribution in [3.05, 3.63) is 73.7 Å². The average Bonchev–Trinajstić information content (AvgIpc) is 3.31. The molecule has 0 aliphatic heterocycles. The van der Waals surface area contributed by atoms with Crippen LogP contribution in [0.4, 0.5) is 0 Å². The first-order valence-electron chi connectivity index (χ1n) is 11.6. The smallest absolute Gasteiger partial charge is 0.311 e. The SMILES string of the molecule is CC[Si](C)(C)OCc1ccc(CC(=O)O[C@@H](Cc2c(Cl)c[nH+]cc2Cl)c2ccc(OC)c(OC)c2)s1. The summed E-state index contributed by atoms with van der Waals surface area (Å²) in [5, 5.41) is 0.927. The van der Waals surface area contributed by atoms with Crippen LogP contribution in [0.3, 0.4) is 0 Å². The Bertz CT molecular complexity index is 1170. The average molecular weight is 570 g/mol. The lowest BCUT2D eigenvalue weighted by molar-refractivity contribution is -0.377. The fourth-order valence-corrected chi connectivity index (χ4v) is 5.75. The van der Waals surface area contributed by atoms with Gasteiger partial charge in [-0.2, -0.15) is 0 Å². The maximum absolute atomic E-state index is 13.0. The lowest BCUT2D eigenvalue weighted by Gasteiger charge is -2.20. The van der Waals surface area contributed by atoms with Gasteiger partial charge in [0, 0.05) is 21.7 Å². The van der Waals surface area contributed by atoms with Crippen LogP contribution in [0, 0.1) is 0 Å². The minimum Gasteiger partial charge on any atom is -0.493 e. The summed E-state index contributed by atoms with van der Waals surface area (Å²) in [5.41, 5.74) is 1.43. The molecule has 2 heterocycles. The summed E-state index contributed by atoms with van der Waals surface area (Å²) in [6.45, 7) is 7.14. The first-order valence-corrected chi connectivity index (χ1v) is 16.3. The van der Waals surface area contributed by atoms with Gasteiger partial charge in [-0.25, -0.2) is 4.98 Å². The Morgan fingerprint density at radius 1 is 1.03 bits per heavy atom. The van der Waals surface area contributed by atoms with Gasteiger partial charge >= 0.3 is 5.97 Å². The number of benzene rings is 1. The van der Waals surface area contributed by atoms with E-state index >= 15 is 0 Å². The van der Waals surface area contributed by atoms with Crippen LogP contribution < -0.4 is 14.5 Å². The zero-order valence-corrected chi connectivity index (χ0v) is 24.5. The Labute approximate surface area is 227 Å². The molecule has 6 nitrogen and oxygen atoms in total. The van der Waals surface area contributed by atoms with E-state index in [2.05, 4.69) is 25.0 Å². The number of aromatic amines is 1. The molecule has 0 spiro atoms. The molecule has 2 aromatic heterocycles. The van der Waals surface area contributed by atoms with Crippen molar-refractivity contribution < 1.29 is 28.4 Å².